The van der Waals surface area contributed by atoms with Gasteiger partial charge in [-0.1, -0.05) is 0 Å². The van der Waals surface area contributed by atoms with Gasteiger partial charge in [-0.25, -0.2) is 4.98 Å². The minimum atomic E-state index is -0.188. The summed E-state index contributed by atoms with van der Waals surface area (Å²) >= 11 is 0. The lowest BCUT2D eigenvalue weighted by atomic mass is 10.2. The summed E-state index contributed by atoms with van der Waals surface area (Å²) < 4.78 is 6.98. The van der Waals surface area contributed by atoms with Crippen molar-refractivity contribution in [2.75, 3.05) is 25.1 Å². The second kappa shape index (κ2) is 7.04. The van der Waals surface area contributed by atoms with Crippen LogP contribution in [0.25, 0.3) is 11.0 Å². The second-order valence-electron chi connectivity index (χ2n) is 4.88. The lowest BCUT2D eigenvalue weighted by Gasteiger charge is -2.05. The fourth-order valence-corrected chi connectivity index (χ4v) is 2.19. The van der Waals surface area contributed by atoms with Crippen molar-refractivity contribution < 1.29 is 14.3 Å². The standard InChI is InChI=1S/C15H20N4O3/c1-4-22-6-5-16-15(21)13-9-19(3)14-12(13)7-11(8-17-14)18-10(2)20/h7-9H,4-6H2,1-3H3,(H,16,21)(H,18,20). The summed E-state index contributed by atoms with van der Waals surface area (Å²) in [7, 11) is 1.82. The molecule has 0 aliphatic carbocycles. The van der Waals surface area contributed by atoms with Crippen LogP contribution in [0.2, 0.25) is 0 Å². The molecule has 7 heteroatoms. The normalized spacial score (nSPS) is 10.7. The Balaban J connectivity index is 2.24. The second-order valence-corrected chi connectivity index (χ2v) is 4.88. The Bertz CT molecular complexity index is 693. The number of hydrogen-bond acceptors (Lipinski definition) is 4. The van der Waals surface area contributed by atoms with Gasteiger partial charge in [-0.3, -0.25) is 9.59 Å². The number of carbonyl (C=O) groups excluding carboxylic acids is 2. The largest absolute Gasteiger partial charge is 0.380 e. The van der Waals surface area contributed by atoms with Crippen LogP contribution in [0.15, 0.2) is 18.5 Å². The predicted octanol–water partition coefficient (Wildman–Crippen LogP) is 1.30. The van der Waals surface area contributed by atoms with E-state index in [1.165, 1.54) is 6.92 Å². The van der Waals surface area contributed by atoms with Crippen molar-refractivity contribution in [2.24, 2.45) is 7.05 Å². The molecular formula is C15H20N4O3. The van der Waals surface area contributed by atoms with Crippen LogP contribution >= 0.6 is 0 Å². The summed E-state index contributed by atoms with van der Waals surface area (Å²) in [4.78, 5) is 27.7. The van der Waals surface area contributed by atoms with E-state index in [0.29, 0.717) is 42.0 Å². The van der Waals surface area contributed by atoms with E-state index in [2.05, 4.69) is 15.6 Å². The third-order valence-corrected chi connectivity index (χ3v) is 3.11. The number of hydrogen-bond donors (Lipinski definition) is 2. The molecule has 0 radical (unpaired) electrons. The van der Waals surface area contributed by atoms with Crippen LogP contribution in [0.3, 0.4) is 0 Å². The number of aryl methyl sites for hydroxylation is 1. The molecule has 0 fully saturated rings. The van der Waals surface area contributed by atoms with Gasteiger partial charge in [0.1, 0.15) is 5.65 Å². The fourth-order valence-electron chi connectivity index (χ4n) is 2.19. The monoisotopic (exact) mass is 304 g/mol. The maximum absolute atomic E-state index is 12.3. The lowest BCUT2D eigenvalue weighted by molar-refractivity contribution is -0.114. The lowest BCUT2D eigenvalue weighted by Crippen LogP contribution is -2.27. The Morgan fingerprint density at radius 3 is 2.86 bits per heavy atom. The number of carbonyl (C=O) groups is 2. The van der Waals surface area contributed by atoms with E-state index in [4.69, 9.17) is 4.74 Å². The van der Waals surface area contributed by atoms with E-state index < -0.39 is 0 Å². The highest BCUT2D eigenvalue weighted by Crippen LogP contribution is 2.22. The van der Waals surface area contributed by atoms with Crippen molar-refractivity contribution >= 4 is 28.5 Å². The van der Waals surface area contributed by atoms with Gasteiger partial charge in [0, 0.05) is 38.7 Å². The van der Waals surface area contributed by atoms with Gasteiger partial charge in [0.25, 0.3) is 5.91 Å². The van der Waals surface area contributed by atoms with Crippen molar-refractivity contribution in [3.8, 4) is 0 Å². The molecule has 0 saturated carbocycles. The molecule has 22 heavy (non-hydrogen) atoms. The maximum Gasteiger partial charge on any atom is 0.253 e. The molecule has 2 aromatic heterocycles. The van der Waals surface area contributed by atoms with Gasteiger partial charge in [-0.05, 0) is 13.0 Å². The van der Waals surface area contributed by atoms with Crippen LogP contribution in [0.1, 0.15) is 24.2 Å². The van der Waals surface area contributed by atoms with Gasteiger partial charge in [0.2, 0.25) is 5.91 Å². The molecule has 0 aromatic carbocycles. The number of fused-ring (bicyclic) bond motifs is 1. The molecule has 0 unspecified atom stereocenters. The van der Waals surface area contributed by atoms with E-state index in [9.17, 15) is 9.59 Å². The molecule has 2 N–H and O–H groups in total. The zero-order chi connectivity index (χ0) is 16.1. The summed E-state index contributed by atoms with van der Waals surface area (Å²) in [5, 5.41) is 6.17. The van der Waals surface area contributed by atoms with Crippen LogP contribution in [-0.2, 0) is 16.6 Å². The predicted molar refractivity (Wildman–Crippen MR) is 83.8 cm³/mol. The number of nitrogens with zero attached hydrogens (tertiary/aromatic N) is 2. The van der Waals surface area contributed by atoms with Gasteiger partial charge in [0.05, 0.1) is 24.1 Å². The van der Waals surface area contributed by atoms with E-state index in [1.807, 2.05) is 14.0 Å². The molecule has 0 bridgehead atoms. The fraction of sp³-hybridized carbons (Fsp3) is 0.400. The van der Waals surface area contributed by atoms with Crippen LogP contribution in [-0.4, -0.2) is 41.1 Å². The van der Waals surface area contributed by atoms with Gasteiger partial charge in [-0.15, -0.1) is 0 Å². The Morgan fingerprint density at radius 1 is 1.41 bits per heavy atom. The summed E-state index contributed by atoms with van der Waals surface area (Å²) in [6, 6.07) is 1.75. The number of nitrogens with one attached hydrogen (secondary N) is 2. The van der Waals surface area contributed by atoms with E-state index >= 15 is 0 Å². The first-order chi connectivity index (χ1) is 10.5. The maximum atomic E-state index is 12.3. The molecule has 2 aromatic rings. The molecular weight excluding hydrogens is 284 g/mol. The Labute approximate surface area is 128 Å². The smallest absolute Gasteiger partial charge is 0.253 e. The van der Waals surface area contributed by atoms with E-state index in [0.717, 1.165) is 0 Å². The molecule has 2 heterocycles. The minimum Gasteiger partial charge on any atom is -0.380 e. The third kappa shape index (κ3) is 3.62. The SMILES string of the molecule is CCOCCNC(=O)c1cn(C)c2ncc(NC(C)=O)cc12. The zero-order valence-corrected chi connectivity index (χ0v) is 13.0. The highest BCUT2D eigenvalue weighted by atomic mass is 16.5. The Kier molecular flexibility index (Phi) is 5.11. The molecule has 2 rings (SSSR count). The molecule has 0 aliphatic rings. The molecule has 0 atom stereocenters. The van der Waals surface area contributed by atoms with Gasteiger partial charge in [0.15, 0.2) is 0 Å². The van der Waals surface area contributed by atoms with E-state index in [-0.39, 0.29) is 11.8 Å². The van der Waals surface area contributed by atoms with Crippen LogP contribution < -0.4 is 10.6 Å². The van der Waals surface area contributed by atoms with Crippen LogP contribution in [0, 0.1) is 0 Å². The quantitative estimate of drug-likeness (QED) is 0.788. The molecule has 2 amide bonds. The van der Waals surface area contributed by atoms with Gasteiger partial charge < -0.3 is 19.9 Å². The molecule has 118 valence electrons. The topological polar surface area (TPSA) is 85.2 Å². The van der Waals surface area contributed by atoms with Crippen molar-refractivity contribution in [3.05, 3.63) is 24.0 Å². The van der Waals surface area contributed by atoms with Crippen molar-refractivity contribution in [1.29, 1.82) is 0 Å². The number of rotatable bonds is 6. The van der Waals surface area contributed by atoms with Crippen molar-refractivity contribution in [2.45, 2.75) is 13.8 Å². The summed E-state index contributed by atoms with van der Waals surface area (Å²) in [6.07, 6.45) is 3.30. The average Bonchev–Trinajstić information content (AvgIpc) is 2.79. The number of anilines is 1. The summed E-state index contributed by atoms with van der Waals surface area (Å²) in [5.41, 5.74) is 1.77. The van der Waals surface area contributed by atoms with Crippen molar-refractivity contribution in [1.82, 2.24) is 14.9 Å². The third-order valence-electron chi connectivity index (χ3n) is 3.11. The number of pyridine rings is 1. The zero-order valence-electron chi connectivity index (χ0n) is 13.0. The Morgan fingerprint density at radius 2 is 2.18 bits per heavy atom. The molecule has 7 nitrogen and oxygen atoms in total. The van der Waals surface area contributed by atoms with Gasteiger partial charge >= 0.3 is 0 Å². The minimum absolute atomic E-state index is 0.181. The molecule has 0 aliphatic heterocycles. The summed E-state index contributed by atoms with van der Waals surface area (Å²) in [6.45, 7) is 4.87. The number of ether oxygens (including phenoxy) is 1. The number of aromatic nitrogens is 2. The average molecular weight is 304 g/mol. The van der Waals surface area contributed by atoms with Gasteiger partial charge in [-0.2, -0.15) is 0 Å². The summed E-state index contributed by atoms with van der Waals surface area (Å²) in [5.74, 6) is -0.369. The number of amides is 2. The molecule has 0 spiro atoms. The highest BCUT2D eigenvalue weighted by molar-refractivity contribution is 6.07. The first-order valence-corrected chi connectivity index (χ1v) is 7.11. The van der Waals surface area contributed by atoms with Crippen LogP contribution in [0.4, 0.5) is 5.69 Å². The van der Waals surface area contributed by atoms with E-state index in [1.54, 1.807) is 23.0 Å². The van der Waals surface area contributed by atoms with Crippen molar-refractivity contribution in [3.63, 3.8) is 0 Å². The first kappa shape index (κ1) is 16.0. The highest BCUT2D eigenvalue weighted by Gasteiger charge is 2.15. The Hall–Kier alpha value is -2.41. The first-order valence-electron chi connectivity index (χ1n) is 7.11. The van der Waals surface area contributed by atoms with Crippen LogP contribution in [0.5, 0.6) is 0 Å². The molecule has 0 saturated heterocycles.